The normalized spacial score (nSPS) is 16.9. The first-order chi connectivity index (χ1) is 11.9. The number of piperazine rings is 1. The highest BCUT2D eigenvalue weighted by molar-refractivity contribution is 9.10. The Morgan fingerprint density at radius 1 is 1.00 bits per heavy atom. The molecule has 25 heavy (non-hydrogen) atoms. The van der Waals surface area contributed by atoms with E-state index in [0.717, 1.165) is 6.07 Å². The zero-order valence-electron chi connectivity index (χ0n) is 13.3. The van der Waals surface area contributed by atoms with Crippen molar-refractivity contribution >= 4 is 26.0 Å². The summed E-state index contributed by atoms with van der Waals surface area (Å²) < 4.78 is 54.4. The molecule has 0 aromatic heterocycles. The summed E-state index contributed by atoms with van der Waals surface area (Å²) in [6.07, 6.45) is 0. The van der Waals surface area contributed by atoms with E-state index in [9.17, 15) is 17.2 Å². The molecule has 1 aliphatic heterocycles. The molecule has 0 aliphatic carbocycles. The van der Waals surface area contributed by atoms with E-state index in [-0.39, 0.29) is 23.8 Å². The molecular weight excluding hydrogens is 414 g/mol. The Hall–Kier alpha value is -1.35. The minimum absolute atomic E-state index is 0.0418. The molecule has 0 atom stereocenters. The first-order valence-electron chi connectivity index (χ1n) is 7.78. The maximum absolute atomic E-state index is 13.9. The maximum atomic E-state index is 13.9. The average Bonchev–Trinajstić information content (AvgIpc) is 2.58. The van der Waals surface area contributed by atoms with Gasteiger partial charge in [0, 0.05) is 42.8 Å². The summed E-state index contributed by atoms with van der Waals surface area (Å²) in [5.41, 5.74) is 0.574. The summed E-state index contributed by atoms with van der Waals surface area (Å²) in [5.74, 6) is -0.866. The van der Waals surface area contributed by atoms with E-state index in [2.05, 4.69) is 15.9 Å². The molecule has 8 heteroatoms. The topological polar surface area (TPSA) is 40.6 Å². The quantitative estimate of drug-likeness (QED) is 0.747. The summed E-state index contributed by atoms with van der Waals surface area (Å²) >= 11 is 3.22. The third kappa shape index (κ3) is 4.25. The molecule has 0 saturated carbocycles. The Morgan fingerprint density at radius 2 is 1.72 bits per heavy atom. The van der Waals surface area contributed by atoms with Gasteiger partial charge >= 0.3 is 0 Å². The van der Waals surface area contributed by atoms with E-state index in [1.54, 1.807) is 12.1 Å². The fourth-order valence-electron chi connectivity index (χ4n) is 2.80. The highest BCUT2D eigenvalue weighted by atomic mass is 79.9. The van der Waals surface area contributed by atoms with E-state index in [1.165, 1.54) is 28.6 Å². The van der Waals surface area contributed by atoms with Crippen molar-refractivity contribution in [1.29, 1.82) is 0 Å². The van der Waals surface area contributed by atoms with Crippen LogP contribution in [0.25, 0.3) is 0 Å². The van der Waals surface area contributed by atoms with Crippen LogP contribution in [0.15, 0.2) is 51.8 Å². The lowest BCUT2D eigenvalue weighted by Gasteiger charge is -2.34. The summed E-state index contributed by atoms with van der Waals surface area (Å²) in [4.78, 5) is 1.96. The second kappa shape index (κ2) is 7.49. The van der Waals surface area contributed by atoms with Gasteiger partial charge in [0.1, 0.15) is 11.6 Å². The zero-order valence-corrected chi connectivity index (χ0v) is 15.7. The first-order valence-corrected chi connectivity index (χ1v) is 10.0. The van der Waals surface area contributed by atoms with Crippen LogP contribution in [0.1, 0.15) is 5.56 Å². The number of hydrogen-bond acceptors (Lipinski definition) is 3. The summed E-state index contributed by atoms with van der Waals surface area (Å²) in [6.45, 7) is 1.98. The Labute approximate surface area is 154 Å². The van der Waals surface area contributed by atoms with Gasteiger partial charge in [-0.15, -0.1) is 0 Å². The van der Waals surface area contributed by atoms with Crippen LogP contribution in [-0.4, -0.2) is 43.8 Å². The molecule has 1 saturated heterocycles. The fourth-order valence-corrected chi connectivity index (χ4v) is 4.58. The molecule has 0 radical (unpaired) electrons. The van der Waals surface area contributed by atoms with Crippen molar-refractivity contribution in [2.24, 2.45) is 0 Å². The van der Waals surface area contributed by atoms with Crippen LogP contribution in [0, 0.1) is 11.6 Å². The Balaban J connectivity index is 1.65. The largest absolute Gasteiger partial charge is 0.296 e. The lowest BCUT2D eigenvalue weighted by atomic mass is 10.2. The van der Waals surface area contributed by atoms with Crippen molar-refractivity contribution in [3.05, 3.63) is 64.1 Å². The third-order valence-corrected chi connectivity index (χ3v) is 6.56. The number of halogens is 3. The summed E-state index contributed by atoms with van der Waals surface area (Å²) in [6, 6.07) is 9.93. The highest BCUT2D eigenvalue weighted by Gasteiger charge is 2.28. The molecule has 0 amide bonds. The molecule has 4 nitrogen and oxygen atoms in total. The molecule has 0 N–H and O–H groups in total. The van der Waals surface area contributed by atoms with Gasteiger partial charge in [0.25, 0.3) is 0 Å². The van der Waals surface area contributed by atoms with E-state index >= 15 is 0 Å². The maximum Gasteiger partial charge on any atom is 0.243 e. The standard InChI is InChI=1S/C17H17BrF2N2O2S/c18-14-5-4-13(17(20)10-14)12-21-6-8-22(9-7-21)25(23,24)16-3-1-2-15(19)11-16/h1-5,10-11H,6-9,12H2. The van der Waals surface area contributed by atoms with Crippen LogP contribution < -0.4 is 0 Å². The van der Waals surface area contributed by atoms with E-state index < -0.39 is 15.8 Å². The molecule has 2 aromatic rings. The molecule has 1 fully saturated rings. The number of sulfonamides is 1. The lowest BCUT2D eigenvalue weighted by molar-refractivity contribution is 0.180. The van der Waals surface area contributed by atoms with Crippen molar-refractivity contribution in [1.82, 2.24) is 9.21 Å². The van der Waals surface area contributed by atoms with Crippen LogP contribution in [0.2, 0.25) is 0 Å². The van der Waals surface area contributed by atoms with Gasteiger partial charge in [-0.1, -0.05) is 28.1 Å². The van der Waals surface area contributed by atoms with Crippen LogP contribution in [-0.2, 0) is 16.6 Å². The van der Waals surface area contributed by atoms with Crippen molar-refractivity contribution in [2.45, 2.75) is 11.4 Å². The van der Waals surface area contributed by atoms with E-state index in [0.29, 0.717) is 29.7 Å². The van der Waals surface area contributed by atoms with Crippen molar-refractivity contribution < 1.29 is 17.2 Å². The fraction of sp³-hybridized carbons (Fsp3) is 0.294. The zero-order chi connectivity index (χ0) is 18.0. The molecule has 134 valence electrons. The molecule has 0 unspecified atom stereocenters. The van der Waals surface area contributed by atoms with Gasteiger partial charge in [-0.2, -0.15) is 4.31 Å². The monoisotopic (exact) mass is 430 g/mol. The van der Waals surface area contributed by atoms with Gasteiger partial charge in [0.2, 0.25) is 10.0 Å². The number of nitrogens with zero attached hydrogens (tertiary/aromatic N) is 2. The molecule has 3 rings (SSSR count). The van der Waals surface area contributed by atoms with Gasteiger partial charge in [0.05, 0.1) is 4.90 Å². The van der Waals surface area contributed by atoms with Crippen LogP contribution in [0.3, 0.4) is 0 Å². The van der Waals surface area contributed by atoms with Gasteiger partial charge in [-0.25, -0.2) is 17.2 Å². The number of rotatable bonds is 4. The van der Waals surface area contributed by atoms with Gasteiger partial charge in [-0.3, -0.25) is 4.90 Å². The predicted octanol–water partition coefficient (Wildman–Crippen LogP) is 3.23. The minimum Gasteiger partial charge on any atom is -0.296 e. The van der Waals surface area contributed by atoms with Crippen molar-refractivity contribution in [2.75, 3.05) is 26.2 Å². The van der Waals surface area contributed by atoms with Gasteiger partial charge in [-0.05, 0) is 30.3 Å². The molecular formula is C17H17BrF2N2O2S. The smallest absolute Gasteiger partial charge is 0.243 e. The van der Waals surface area contributed by atoms with Crippen LogP contribution in [0.5, 0.6) is 0 Å². The average molecular weight is 431 g/mol. The summed E-state index contributed by atoms with van der Waals surface area (Å²) in [7, 11) is -3.71. The second-order valence-electron chi connectivity index (χ2n) is 5.87. The Bertz CT molecular complexity index is 869. The third-order valence-electron chi connectivity index (χ3n) is 4.17. The van der Waals surface area contributed by atoms with Crippen LogP contribution >= 0.6 is 15.9 Å². The molecule has 1 heterocycles. The molecule has 0 spiro atoms. The van der Waals surface area contributed by atoms with Crippen molar-refractivity contribution in [3.8, 4) is 0 Å². The number of hydrogen-bond donors (Lipinski definition) is 0. The molecule has 0 bridgehead atoms. The first kappa shape index (κ1) is 18.4. The molecule has 2 aromatic carbocycles. The summed E-state index contributed by atoms with van der Waals surface area (Å²) in [5, 5.41) is 0. The van der Waals surface area contributed by atoms with E-state index in [1.807, 2.05) is 4.90 Å². The minimum atomic E-state index is -3.71. The second-order valence-corrected chi connectivity index (χ2v) is 8.73. The van der Waals surface area contributed by atoms with Gasteiger partial charge in [0.15, 0.2) is 0 Å². The van der Waals surface area contributed by atoms with Crippen molar-refractivity contribution in [3.63, 3.8) is 0 Å². The Kier molecular flexibility index (Phi) is 5.52. The Morgan fingerprint density at radius 3 is 2.36 bits per heavy atom. The molecule has 1 aliphatic rings. The SMILES string of the molecule is O=S(=O)(c1cccc(F)c1)N1CCN(Cc2ccc(Br)cc2F)CC1. The number of benzene rings is 2. The predicted molar refractivity (Wildman–Crippen MR) is 94.5 cm³/mol. The van der Waals surface area contributed by atoms with E-state index in [4.69, 9.17) is 0 Å². The van der Waals surface area contributed by atoms with Crippen LogP contribution in [0.4, 0.5) is 8.78 Å². The van der Waals surface area contributed by atoms with Gasteiger partial charge < -0.3 is 0 Å². The lowest BCUT2D eigenvalue weighted by Crippen LogP contribution is -2.48. The highest BCUT2D eigenvalue weighted by Crippen LogP contribution is 2.21.